The molecule has 4 aromatic carbocycles. The van der Waals surface area contributed by atoms with E-state index in [0.29, 0.717) is 22.4 Å². The Morgan fingerprint density at radius 3 is 2.03 bits per heavy atom. The van der Waals surface area contributed by atoms with Gasteiger partial charge in [-0.05, 0) is 72.3 Å². The summed E-state index contributed by atoms with van der Waals surface area (Å²) in [5.41, 5.74) is 1.71. The van der Waals surface area contributed by atoms with Gasteiger partial charge in [0.25, 0.3) is 11.8 Å². The third-order valence-corrected chi connectivity index (χ3v) is 5.46. The molecule has 4 rings (SSSR count). The summed E-state index contributed by atoms with van der Waals surface area (Å²) >= 11 is 0. The summed E-state index contributed by atoms with van der Waals surface area (Å²) < 4.78 is 27.3. The fourth-order valence-corrected chi connectivity index (χ4v) is 3.45. The van der Waals surface area contributed by atoms with E-state index in [9.17, 15) is 23.2 Å². The lowest BCUT2D eigenvalue weighted by molar-refractivity contribution is -0.113. The highest BCUT2D eigenvalue weighted by atomic mass is 19.1. The van der Waals surface area contributed by atoms with Crippen LogP contribution in [0.4, 0.5) is 14.5 Å². The Hall–Kier alpha value is -5.17. The van der Waals surface area contributed by atoms with Crippen LogP contribution < -0.4 is 10.6 Å². The fraction of sp³-hybridized carbons (Fsp3) is 0. The highest BCUT2D eigenvalue weighted by molar-refractivity contribution is 6.11. The lowest BCUT2D eigenvalue weighted by Gasteiger charge is -2.12. The van der Waals surface area contributed by atoms with Gasteiger partial charge in [-0.25, -0.2) is 8.78 Å². The number of anilines is 1. The lowest BCUT2D eigenvalue weighted by atomic mass is 10.1. The summed E-state index contributed by atoms with van der Waals surface area (Å²) in [6.45, 7) is 0. The molecule has 4 aromatic rings. The molecule has 0 unspecified atom stereocenters. The van der Waals surface area contributed by atoms with E-state index in [-0.39, 0.29) is 22.9 Å². The van der Waals surface area contributed by atoms with Crippen LogP contribution >= 0.6 is 0 Å². The van der Waals surface area contributed by atoms with Gasteiger partial charge in [-0.2, -0.15) is 0 Å². The topological polar surface area (TPSA) is 75.3 Å². The van der Waals surface area contributed by atoms with E-state index in [2.05, 4.69) is 10.6 Å². The Bertz CT molecular complexity index is 1510. The number of ketones is 1. The highest BCUT2D eigenvalue weighted by Crippen LogP contribution is 2.16. The molecule has 0 aliphatic rings. The van der Waals surface area contributed by atoms with E-state index in [1.165, 1.54) is 66.7 Å². The number of allylic oxidation sites excluding steroid dienone is 1. The van der Waals surface area contributed by atoms with Gasteiger partial charge in [0, 0.05) is 22.4 Å². The summed E-state index contributed by atoms with van der Waals surface area (Å²) in [4.78, 5) is 38.3. The maximum absolute atomic E-state index is 14.3. The third kappa shape index (κ3) is 6.95. The molecule has 0 aromatic heterocycles. The predicted octanol–water partition coefficient (Wildman–Crippen LogP) is 6.27. The predicted molar refractivity (Wildman–Crippen MR) is 143 cm³/mol. The molecule has 0 aliphatic heterocycles. The first kappa shape index (κ1) is 25.9. The second kappa shape index (κ2) is 12.2. The van der Waals surface area contributed by atoms with Gasteiger partial charge in [-0.15, -0.1) is 0 Å². The first-order valence-corrected chi connectivity index (χ1v) is 11.6. The zero-order chi connectivity index (χ0) is 26.9. The van der Waals surface area contributed by atoms with Crippen molar-refractivity contribution in [2.75, 3.05) is 5.32 Å². The standard InChI is InChI=1S/C31H22F2N2O3/c32-25-15-10-21(11-16-25)12-19-29(36)22-13-17-26(18-14-22)34-31(38)28(20-24-8-4-5-9-27(24)33)35-30(37)23-6-2-1-3-7-23/h1-20H,(H,34,38)(H,35,37)/b19-12+,28-20-. The number of hydrogen-bond donors (Lipinski definition) is 2. The third-order valence-electron chi connectivity index (χ3n) is 5.46. The van der Waals surface area contributed by atoms with E-state index < -0.39 is 17.6 Å². The molecular formula is C31H22F2N2O3. The molecule has 0 fully saturated rings. The molecule has 7 heteroatoms. The summed E-state index contributed by atoms with van der Waals surface area (Å²) in [5, 5.41) is 5.21. The molecular weight excluding hydrogens is 486 g/mol. The first-order chi connectivity index (χ1) is 18.4. The van der Waals surface area contributed by atoms with Crippen LogP contribution in [0.25, 0.3) is 12.2 Å². The SMILES string of the molecule is O=C(Nc1ccc(C(=O)/C=C/c2ccc(F)cc2)cc1)/C(=C/c1ccccc1F)NC(=O)c1ccccc1. The summed E-state index contributed by atoms with van der Waals surface area (Å²) in [5.74, 6) is -2.39. The van der Waals surface area contributed by atoms with Crippen LogP contribution in [0.15, 0.2) is 115 Å². The number of halogens is 2. The Labute approximate surface area is 218 Å². The maximum Gasteiger partial charge on any atom is 0.272 e. The fourth-order valence-electron chi connectivity index (χ4n) is 3.45. The van der Waals surface area contributed by atoms with Crippen LogP contribution in [-0.4, -0.2) is 17.6 Å². The van der Waals surface area contributed by atoms with Gasteiger partial charge in [-0.3, -0.25) is 14.4 Å². The van der Waals surface area contributed by atoms with Crippen LogP contribution in [0.2, 0.25) is 0 Å². The lowest BCUT2D eigenvalue weighted by Crippen LogP contribution is -2.30. The van der Waals surface area contributed by atoms with Crippen molar-refractivity contribution < 1.29 is 23.2 Å². The minimum Gasteiger partial charge on any atom is -0.321 e. The molecule has 2 amide bonds. The van der Waals surface area contributed by atoms with Crippen LogP contribution in [0.1, 0.15) is 31.8 Å². The summed E-state index contributed by atoms with van der Waals surface area (Å²) in [6.07, 6.45) is 4.20. The minimum atomic E-state index is -0.673. The summed E-state index contributed by atoms with van der Waals surface area (Å²) in [6, 6.07) is 26.1. The molecule has 0 aliphatic carbocycles. The number of nitrogens with one attached hydrogen (secondary N) is 2. The molecule has 0 heterocycles. The monoisotopic (exact) mass is 508 g/mol. The van der Waals surface area contributed by atoms with E-state index >= 15 is 0 Å². The van der Waals surface area contributed by atoms with Crippen molar-refractivity contribution in [1.29, 1.82) is 0 Å². The number of rotatable bonds is 8. The first-order valence-electron chi connectivity index (χ1n) is 11.6. The summed E-state index contributed by atoms with van der Waals surface area (Å²) in [7, 11) is 0. The van der Waals surface area contributed by atoms with Crippen LogP contribution in [0.3, 0.4) is 0 Å². The zero-order valence-corrected chi connectivity index (χ0v) is 20.0. The van der Waals surface area contributed by atoms with Crippen LogP contribution in [-0.2, 0) is 4.79 Å². The van der Waals surface area contributed by atoms with Gasteiger partial charge < -0.3 is 10.6 Å². The normalized spacial score (nSPS) is 11.3. The molecule has 0 spiro atoms. The van der Waals surface area contributed by atoms with Crippen molar-refractivity contribution in [2.24, 2.45) is 0 Å². The molecule has 38 heavy (non-hydrogen) atoms. The van der Waals surface area contributed by atoms with E-state index in [1.54, 1.807) is 54.6 Å². The highest BCUT2D eigenvalue weighted by Gasteiger charge is 2.16. The zero-order valence-electron chi connectivity index (χ0n) is 20.0. The molecule has 5 nitrogen and oxygen atoms in total. The van der Waals surface area contributed by atoms with Gasteiger partial charge in [0.15, 0.2) is 5.78 Å². The largest absolute Gasteiger partial charge is 0.321 e. The number of hydrogen-bond acceptors (Lipinski definition) is 3. The number of carbonyl (C=O) groups excluding carboxylic acids is 3. The second-order valence-electron chi connectivity index (χ2n) is 8.18. The Balaban J connectivity index is 1.49. The van der Waals surface area contributed by atoms with E-state index in [0.717, 1.165) is 0 Å². The van der Waals surface area contributed by atoms with E-state index in [1.807, 2.05) is 0 Å². The maximum atomic E-state index is 14.3. The molecule has 0 bridgehead atoms. The Morgan fingerprint density at radius 2 is 1.34 bits per heavy atom. The van der Waals surface area contributed by atoms with Crippen LogP contribution in [0.5, 0.6) is 0 Å². The average molecular weight is 509 g/mol. The van der Waals surface area contributed by atoms with Crippen LogP contribution in [0, 0.1) is 11.6 Å². The second-order valence-corrected chi connectivity index (χ2v) is 8.18. The van der Waals surface area contributed by atoms with Gasteiger partial charge >= 0.3 is 0 Å². The molecule has 0 saturated heterocycles. The molecule has 0 saturated carbocycles. The number of benzene rings is 4. The van der Waals surface area contributed by atoms with Gasteiger partial charge in [-0.1, -0.05) is 54.6 Å². The van der Waals surface area contributed by atoms with Gasteiger partial charge in [0.05, 0.1) is 0 Å². The molecule has 0 atom stereocenters. The molecule has 188 valence electrons. The van der Waals surface area contributed by atoms with Gasteiger partial charge in [0.2, 0.25) is 0 Å². The smallest absolute Gasteiger partial charge is 0.272 e. The van der Waals surface area contributed by atoms with E-state index in [4.69, 9.17) is 0 Å². The Morgan fingerprint density at radius 1 is 0.684 bits per heavy atom. The molecule has 0 radical (unpaired) electrons. The number of carbonyl (C=O) groups is 3. The minimum absolute atomic E-state index is 0.125. The van der Waals surface area contributed by atoms with Crippen molar-refractivity contribution in [3.63, 3.8) is 0 Å². The van der Waals surface area contributed by atoms with Crippen molar-refractivity contribution in [3.8, 4) is 0 Å². The number of amides is 2. The molecule has 2 N–H and O–H groups in total. The van der Waals surface area contributed by atoms with Crippen molar-refractivity contribution in [3.05, 3.63) is 149 Å². The van der Waals surface area contributed by atoms with Crippen molar-refractivity contribution in [2.45, 2.75) is 0 Å². The quantitative estimate of drug-likeness (QED) is 0.218. The van der Waals surface area contributed by atoms with Gasteiger partial charge in [0.1, 0.15) is 17.3 Å². The average Bonchev–Trinajstić information content (AvgIpc) is 2.94. The van der Waals surface area contributed by atoms with Crippen molar-refractivity contribution in [1.82, 2.24) is 5.32 Å². The van der Waals surface area contributed by atoms with Crippen molar-refractivity contribution >= 4 is 35.4 Å². The Kier molecular flexibility index (Phi) is 8.31.